The van der Waals surface area contributed by atoms with Crippen molar-refractivity contribution < 1.29 is 14.7 Å². The lowest BCUT2D eigenvalue weighted by Gasteiger charge is -2.19. The third kappa shape index (κ3) is 3.04. The molecule has 2 aromatic rings. The number of carbonyl (C=O) groups excluding carboxylic acids is 1. The normalized spacial score (nSPS) is 14.3. The molecule has 1 saturated carbocycles. The van der Waals surface area contributed by atoms with Crippen LogP contribution in [0.1, 0.15) is 22.5 Å². The summed E-state index contributed by atoms with van der Waals surface area (Å²) in [5, 5.41) is 10.3. The Bertz CT molecular complexity index is 708. The maximum Gasteiger partial charge on any atom is 0.323 e. The van der Waals surface area contributed by atoms with Gasteiger partial charge in [0.1, 0.15) is 11.4 Å². The SMILES string of the molecule is O=C(O)CN(CC1CC1)C(=O)c1sc2ccccc2c1Cl. The summed E-state index contributed by atoms with van der Waals surface area (Å²) in [6.07, 6.45) is 2.12. The van der Waals surface area contributed by atoms with Crippen LogP contribution in [-0.2, 0) is 4.79 Å². The number of fused-ring (bicyclic) bond motifs is 1. The molecule has 4 nitrogen and oxygen atoms in total. The Morgan fingerprint density at radius 1 is 1.33 bits per heavy atom. The molecular weight excluding hydrogens is 310 g/mol. The summed E-state index contributed by atoms with van der Waals surface area (Å²) < 4.78 is 0.938. The van der Waals surface area contributed by atoms with E-state index in [1.807, 2.05) is 24.3 Å². The summed E-state index contributed by atoms with van der Waals surface area (Å²) in [6.45, 7) is 0.218. The number of amides is 1. The first-order valence-electron chi connectivity index (χ1n) is 6.74. The molecular formula is C15H14ClNO3S. The molecule has 0 radical (unpaired) electrons. The molecule has 1 aromatic heterocycles. The topological polar surface area (TPSA) is 57.6 Å². The first-order valence-corrected chi connectivity index (χ1v) is 7.94. The van der Waals surface area contributed by atoms with Crippen LogP contribution in [0.5, 0.6) is 0 Å². The van der Waals surface area contributed by atoms with Crippen molar-refractivity contribution in [2.24, 2.45) is 5.92 Å². The van der Waals surface area contributed by atoms with E-state index in [-0.39, 0.29) is 12.5 Å². The van der Waals surface area contributed by atoms with Crippen LogP contribution >= 0.6 is 22.9 Å². The van der Waals surface area contributed by atoms with Gasteiger partial charge in [-0.25, -0.2) is 0 Å². The zero-order chi connectivity index (χ0) is 15.0. The number of carboxylic acids is 1. The Morgan fingerprint density at radius 2 is 2.05 bits per heavy atom. The summed E-state index contributed by atoms with van der Waals surface area (Å²) in [5.74, 6) is -0.849. The highest BCUT2D eigenvalue weighted by molar-refractivity contribution is 7.21. The molecule has 1 amide bonds. The molecule has 1 fully saturated rings. The van der Waals surface area contributed by atoms with Crippen molar-refractivity contribution in [3.8, 4) is 0 Å². The van der Waals surface area contributed by atoms with Crippen molar-refractivity contribution in [2.45, 2.75) is 12.8 Å². The Kier molecular flexibility index (Phi) is 3.87. The summed E-state index contributed by atoms with van der Waals surface area (Å²) in [4.78, 5) is 25.4. The molecule has 21 heavy (non-hydrogen) atoms. The maximum atomic E-state index is 12.6. The van der Waals surface area contributed by atoms with Gasteiger partial charge in [-0.2, -0.15) is 0 Å². The van der Waals surface area contributed by atoms with E-state index in [0.717, 1.165) is 22.9 Å². The largest absolute Gasteiger partial charge is 0.480 e. The van der Waals surface area contributed by atoms with Crippen LogP contribution in [-0.4, -0.2) is 35.0 Å². The van der Waals surface area contributed by atoms with Gasteiger partial charge < -0.3 is 10.0 Å². The van der Waals surface area contributed by atoms with Crippen LogP contribution in [0, 0.1) is 5.92 Å². The van der Waals surface area contributed by atoms with E-state index in [2.05, 4.69) is 0 Å². The maximum absolute atomic E-state index is 12.6. The van der Waals surface area contributed by atoms with Crippen molar-refractivity contribution in [3.63, 3.8) is 0 Å². The minimum absolute atomic E-state index is 0.278. The van der Waals surface area contributed by atoms with Gasteiger partial charge in [0, 0.05) is 16.6 Å². The highest BCUT2D eigenvalue weighted by atomic mass is 35.5. The van der Waals surface area contributed by atoms with Crippen LogP contribution in [0.4, 0.5) is 0 Å². The predicted molar refractivity (Wildman–Crippen MR) is 83.1 cm³/mol. The molecule has 1 aliphatic carbocycles. The number of carboxylic acid groups (broad SMARTS) is 1. The van der Waals surface area contributed by atoms with Gasteiger partial charge in [-0.15, -0.1) is 11.3 Å². The molecule has 0 bridgehead atoms. The number of halogens is 1. The van der Waals surface area contributed by atoms with Crippen molar-refractivity contribution >= 4 is 44.9 Å². The second-order valence-corrected chi connectivity index (χ2v) is 6.69. The van der Waals surface area contributed by atoms with Crippen LogP contribution in [0.2, 0.25) is 5.02 Å². The molecule has 1 aromatic carbocycles. The van der Waals surface area contributed by atoms with E-state index in [0.29, 0.717) is 22.4 Å². The smallest absolute Gasteiger partial charge is 0.323 e. The Labute approximate surface area is 130 Å². The lowest BCUT2D eigenvalue weighted by atomic mass is 10.2. The first kappa shape index (κ1) is 14.4. The van der Waals surface area contributed by atoms with E-state index in [1.54, 1.807) is 0 Å². The molecule has 0 saturated heterocycles. The third-order valence-electron chi connectivity index (χ3n) is 3.52. The molecule has 0 spiro atoms. The van der Waals surface area contributed by atoms with Gasteiger partial charge >= 0.3 is 5.97 Å². The standard InChI is InChI=1S/C15H14ClNO3S/c16-13-10-3-1-2-4-11(10)21-14(13)15(20)17(8-12(18)19)7-9-5-6-9/h1-4,9H,5-8H2,(H,18,19). The number of aliphatic carboxylic acids is 1. The van der Waals surface area contributed by atoms with E-state index >= 15 is 0 Å². The summed E-state index contributed by atoms with van der Waals surface area (Å²) in [6, 6.07) is 7.54. The number of rotatable bonds is 5. The van der Waals surface area contributed by atoms with Crippen LogP contribution < -0.4 is 0 Å². The van der Waals surface area contributed by atoms with Crippen molar-refractivity contribution in [1.29, 1.82) is 0 Å². The lowest BCUT2D eigenvalue weighted by Crippen LogP contribution is -2.36. The number of benzene rings is 1. The number of carbonyl (C=O) groups is 2. The lowest BCUT2D eigenvalue weighted by molar-refractivity contribution is -0.137. The van der Waals surface area contributed by atoms with Crippen LogP contribution in [0.15, 0.2) is 24.3 Å². The zero-order valence-electron chi connectivity index (χ0n) is 11.2. The summed E-state index contributed by atoms with van der Waals surface area (Å²) in [5.41, 5.74) is 0. The second kappa shape index (κ2) is 5.66. The molecule has 0 aliphatic heterocycles. The number of hydrogen-bond donors (Lipinski definition) is 1. The van der Waals surface area contributed by atoms with Crippen LogP contribution in [0.25, 0.3) is 10.1 Å². The zero-order valence-corrected chi connectivity index (χ0v) is 12.8. The fourth-order valence-electron chi connectivity index (χ4n) is 2.29. The highest BCUT2D eigenvalue weighted by Crippen LogP contribution is 2.37. The monoisotopic (exact) mass is 323 g/mol. The van der Waals surface area contributed by atoms with Gasteiger partial charge in [0.2, 0.25) is 0 Å². The molecule has 1 heterocycles. The fraction of sp³-hybridized carbons (Fsp3) is 0.333. The molecule has 6 heteroatoms. The van der Waals surface area contributed by atoms with Crippen molar-refractivity contribution in [2.75, 3.05) is 13.1 Å². The van der Waals surface area contributed by atoms with E-state index in [9.17, 15) is 9.59 Å². The molecule has 1 aliphatic rings. The molecule has 3 rings (SSSR count). The first-order chi connectivity index (χ1) is 10.1. The summed E-state index contributed by atoms with van der Waals surface area (Å²) in [7, 11) is 0. The molecule has 110 valence electrons. The average molecular weight is 324 g/mol. The second-order valence-electron chi connectivity index (χ2n) is 5.26. The van der Waals surface area contributed by atoms with Gasteiger partial charge in [-0.3, -0.25) is 9.59 Å². The Morgan fingerprint density at radius 3 is 2.67 bits per heavy atom. The Hall–Kier alpha value is -1.59. The Balaban J connectivity index is 1.92. The molecule has 0 unspecified atom stereocenters. The average Bonchev–Trinajstić information content (AvgIpc) is 3.20. The van der Waals surface area contributed by atoms with Crippen molar-refractivity contribution in [3.05, 3.63) is 34.2 Å². The molecule has 0 atom stereocenters. The fourth-order valence-corrected chi connectivity index (χ4v) is 3.77. The van der Waals surface area contributed by atoms with Gasteiger partial charge in [0.25, 0.3) is 5.91 Å². The van der Waals surface area contributed by atoms with Gasteiger partial charge in [0.05, 0.1) is 5.02 Å². The van der Waals surface area contributed by atoms with E-state index in [1.165, 1.54) is 16.2 Å². The van der Waals surface area contributed by atoms with Gasteiger partial charge in [-0.1, -0.05) is 29.8 Å². The third-order valence-corrected chi connectivity index (χ3v) is 5.18. The number of nitrogens with zero attached hydrogens (tertiary/aromatic N) is 1. The van der Waals surface area contributed by atoms with Gasteiger partial charge in [-0.05, 0) is 24.8 Å². The minimum Gasteiger partial charge on any atom is -0.480 e. The minimum atomic E-state index is -0.999. The summed E-state index contributed by atoms with van der Waals surface area (Å²) >= 11 is 7.62. The van der Waals surface area contributed by atoms with Gasteiger partial charge in [0.15, 0.2) is 0 Å². The van der Waals surface area contributed by atoms with E-state index < -0.39 is 5.97 Å². The quantitative estimate of drug-likeness (QED) is 0.916. The van der Waals surface area contributed by atoms with Crippen LogP contribution in [0.3, 0.4) is 0 Å². The highest BCUT2D eigenvalue weighted by Gasteiger charge is 2.30. The van der Waals surface area contributed by atoms with E-state index in [4.69, 9.17) is 16.7 Å². The number of thiophene rings is 1. The predicted octanol–water partition coefficient (Wildman–Crippen LogP) is 3.49. The van der Waals surface area contributed by atoms with Crippen molar-refractivity contribution in [1.82, 2.24) is 4.90 Å². The molecule has 1 N–H and O–H groups in total. The number of hydrogen-bond acceptors (Lipinski definition) is 3.